The Morgan fingerprint density at radius 1 is 1.22 bits per heavy atom. The molecule has 1 saturated heterocycles. The number of hydrogen-bond acceptors (Lipinski definition) is 5. The number of aromatic nitrogens is 5. The number of thiocarbonyl (C=S) groups is 1. The van der Waals surface area contributed by atoms with E-state index in [4.69, 9.17) is 12.2 Å². The van der Waals surface area contributed by atoms with Gasteiger partial charge < -0.3 is 15.3 Å². The zero-order chi connectivity index (χ0) is 19.0. The van der Waals surface area contributed by atoms with Crippen molar-refractivity contribution in [3.63, 3.8) is 0 Å². The van der Waals surface area contributed by atoms with Crippen LogP contribution >= 0.6 is 12.2 Å². The average molecular weight is 383 g/mol. The maximum absolute atomic E-state index is 9.57. The van der Waals surface area contributed by atoms with E-state index in [0.717, 1.165) is 22.6 Å². The standard InChI is InChI=1S/C18H21N7OS/c1-12-9-14(13(2)25(12)23-10-20-21-11-23)17-16(15-5-3-4-6-19-15)22-18(27)24(17)7-8-26/h3-6,9-11,16-17,26H,7-8H2,1-2H3,(H,22,27)/t16-,17+/m0/s1. The Bertz CT molecular complexity index is 938. The summed E-state index contributed by atoms with van der Waals surface area (Å²) >= 11 is 5.57. The molecule has 3 aromatic rings. The molecule has 1 aliphatic rings. The molecule has 1 fully saturated rings. The smallest absolute Gasteiger partial charge is 0.170 e. The van der Waals surface area contributed by atoms with Gasteiger partial charge in [0.1, 0.15) is 12.7 Å². The van der Waals surface area contributed by atoms with Crippen molar-refractivity contribution in [3.8, 4) is 0 Å². The van der Waals surface area contributed by atoms with E-state index in [2.05, 4.69) is 38.2 Å². The van der Waals surface area contributed by atoms with Crippen LogP contribution in [0.1, 0.15) is 34.7 Å². The van der Waals surface area contributed by atoms with Gasteiger partial charge in [0.25, 0.3) is 0 Å². The SMILES string of the molecule is Cc1cc([C@@H]2[C@H](c3ccccn3)NC(=S)N2CCO)c(C)n1-n1cnnc1. The van der Waals surface area contributed by atoms with Crippen LogP contribution in [0.15, 0.2) is 43.1 Å². The van der Waals surface area contributed by atoms with Crippen LogP contribution in [-0.4, -0.2) is 52.8 Å². The topological polar surface area (TPSA) is 84.0 Å². The number of aliphatic hydroxyl groups is 1. The molecule has 0 spiro atoms. The van der Waals surface area contributed by atoms with Gasteiger partial charge in [-0.3, -0.25) is 9.66 Å². The van der Waals surface area contributed by atoms with Crippen molar-refractivity contribution in [2.45, 2.75) is 25.9 Å². The van der Waals surface area contributed by atoms with Crippen LogP contribution in [0, 0.1) is 13.8 Å². The molecular formula is C18H21N7OS. The highest BCUT2D eigenvalue weighted by atomic mass is 32.1. The maximum Gasteiger partial charge on any atom is 0.170 e. The molecule has 1 aliphatic heterocycles. The Morgan fingerprint density at radius 3 is 2.67 bits per heavy atom. The Kier molecular flexibility index (Phi) is 4.63. The van der Waals surface area contributed by atoms with Crippen LogP contribution in [0.5, 0.6) is 0 Å². The highest BCUT2D eigenvalue weighted by Crippen LogP contribution is 2.40. The van der Waals surface area contributed by atoms with Crippen LogP contribution in [-0.2, 0) is 0 Å². The summed E-state index contributed by atoms with van der Waals surface area (Å²) in [5, 5.41) is 21.4. The van der Waals surface area contributed by atoms with Crippen LogP contribution in [0.4, 0.5) is 0 Å². The summed E-state index contributed by atoms with van der Waals surface area (Å²) in [5.41, 5.74) is 4.16. The third-order valence-electron chi connectivity index (χ3n) is 4.93. The molecular weight excluding hydrogens is 362 g/mol. The van der Waals surface area contributed by atoms with E-state index in [0.29, 0.717) is 11.7 Å². The van der Waals surface area contributed by atoms with Crippen molar-refractivity contribution in [1.82, 2.24) is 34.8 Å². The summed E-state index contributed by atoms with van der Waals surface area (Å²) < 4.78 is 3.91. The fourth-order valence-corrected chi connectivity index (χ4v) is 4.16. The van der Waals surface area contributed by atoms with Crippen LogP contribution in [0.25, 0.3) is 0 Å². The molecule has 0 bridgehead atoms. The van der Waals surface area contributed by atoms with E-state index < -0.39 is 0 Å². The number of pyridine rings is 1. The summed E-state index contributed by atoms with van der Waals surface area (Å²) in [6, 6.07) is 7.84. The van der Waals surface area contributed by atoms with E-state index in [1.165, 1.54) is 0 Å². The minimum atomic E-state index is -0.0971. The molecule has 8 nitrogen and oxygen atoms in total. The van der Waals surface area contributed by atoms with E-state index in [1.807, 2.05) is 34.7 Å². The lowest BCUT2D eigenvalue weighted by Gasteiger charge is -2.27. The van der Waals surface area contributed by atoms with Gasteiger partial charge in [-0.2, -0.15) is 0 Å². The Morgan fingerprint density at radius 2 is 2.00 bits per heavy atom. The van der Waals surface area contributed by atoms with Crippen molar-refractivity contribution in [3.05, 3.63) is 65.8 Å². The second-order valence-electron chi connectivity index (χ2n) is 6.52. The van der Waals surface area contributed by atoms with Gasteiger partial charge in [0, 0.05) is 29.7 Å². The minimum Gasteiger partial charge on any atom is -0.395 e. The minimum absolute atomic E-state index is 0.0252. The Hall–Kier alpha value is -2.78. The highest BCUT2D eigenvalue weighted by molar-refractivity contribution is 7.80. The predicted octanol–water partition coefficient (Wildman–Crippen LogP) is 1.37. The average Bonchev–Trinajstić information content (AvgIpc) is 3.36. The first-order valence-electron chi connectivity index (χ1n) is 8.75. The van der Waals surface area contributed by atoms with Gasteiger partial charge >= 0.3 is 0 Å². The van der Waals surface area contributed by atoms with Crippen molar-refractivity contribution >= 4 is 17.3 Å². The molecule has 4 heterocycles. The summed E-state index contributed by atoms with van der Waals surface area (Å²) in [6.45, 7) is 4.59. The number of nitrogens with zero attached hydrogens (tertiary/aromatic N) is 6. The van der Waals surface area contributed by atoms with Gasteiger partial charge in [-0.25, -0.2) is 4.68 Å². The number of nitrogens with one attached hydrogen (secondary N) is 1. The van der Waals surface area contributed by atoms with Gasteiger partial charge in [-0.1, -0.05) is 6.07 Å². The van der Waals surface area contributed by atoms with Crippen molar-refractivity contribution < 1.29 is 5.11 Å². The number of hydrogen-bond donors (Lipinski definition) is 2. The van der Waals surface area contributed by atoms with E-state index in [9.17, 15) is 5.11 Å². The van der Waals surface area contributed by atoms with Crippen LogP contribution < -0.4 is 5.32 Å². The fraction of sp³-hybridized carbons (Fsp3) is 0.333. The monoisotopic (exact) mass is 383 g/mol. The molecule has 0 amide bonds. The zero-order valence-electron chi connectivity index (χ0n) is 15.1. The molecule has 0 saturated carbocycles. The van der Waals surface area contributed by atoms with Gasteiger partial charge in [-0.15, -0.1) is 10.2 Å². The molecule has 0 radical (unpaired) electrons. The van der Waals surface area contributed by atoms with Crippen molar-refractivity contribution in [2.75, 3.05) is 13.2 Å². The van der Waals surface area contributed by atoms with Gasteiger partial charge in [-0.05, 0) is 44.3 Å². The molecule has 4 rings (SSSR count). The van der Waals surface area contributed by atoms with Crippen molar-refractivity contribution in [2.24, 2.45) is 0 Å². The third kappa shape index (κ3) is 2.98. The van der Waals surface area contributed by atoms with Crippen LogP contribution in [0.3, 0.4) is 0 Å². The molecule has 140 valence electrons. The predicted molar refractivity (Wildman–Crippen MR) is 104 cm³/mol. The Labute approximate surface area is 162 Å². The van der Waals surface area contributed by atoms with Gasteiger partial charge in [0.15, 0.2) is 5.11 Å². The van der Waals surface area contributed by atoms with E-state index >= 15 is 0 Å². The van der Waals surface area contributed by atoms with E-state index in [1.54, 1.807) is 18.9 Å². The van der Waals surface area contributed by atoms with Gasteiger partial charge in [0.2, 0.25) is 0 Å². The summed E-state index contributed by atoms with van der Waals surface area (Å²) in [4.78, 5) is 6.57. The number of rotatable bonds is 5. The van der Waals surface area contributed by atoms with Crippen LogP contribution in [0.2, 0.25) is 0 Å². The molecule has 9 heteroatoms. The first-order chi connectivity index (χ1) is 13.1. The molecule has 27 heavy (non-hydrogen) atoms. The summed E-state index contributed by atoms with van der Waals surface area (Å²) in [6.07, 6.45) is 5.12. The van der Waals surface area contributed by atoms with Crippen molar-refractivity contribution in [1.29, 1.82) is 0 Å². The zero-order valence-corrected chi connectivity index (χ0v) is 16.0. The second kappa shape index (κ2) is 7.09. The van der Waals surface area contributed by atoms with E-state index in [-0.39, 0.29) is 18.7 Å². The summed E-state index contributed by atoms with van der Waals surface area (Å²) in [7, 11) is 0. The first kappa shape index (κ1) is 17.6. The highest BCUT2D eigenvalue weighted by Gasteiger charge is 2.41. The lowest BCUT2D eigenvalue weighted by atomic mass is 9.97. The molecule has 3 aromatic heterocycles. The van der Waals surface area contributed by atoms with Gasteiger partial charge in [0.05, 0.1) is 24.4 Å². The normalized spacial score (nSPS) is 19.5. The Balaban J connectivity index is 1.83. The number of aryl methyl sites for hydroxylation is 1. The summed E-state index contributed by atoms with van der Waals surface area (Å²) in [5.74, 6) is 0. The largest absolute Gasteiger partial charge is 0.395 e. The third-order valence-corrected chi connectivity index (χ3v) is 5.28. The lowest BCUT2D eigenvalue weighted by Crippen LogP contribution is -2.32. The quantitative estimate of drug-likeness (QED) is 0.644. The number of β-amino-alcohol motifs (C(OH)–C–C–N with tert-alkyl or cyclic N) is 1. The fourth-order valence-electron chi connectivity index (χ4n) is 3.82. The molecule has 0 aromatic carbocycles. The first-order valence-corrected chi connectivity index (χ1v) is 9.15. The molecule has 0 unspecified atom stereocenters. The molecule has 0 aliphatic carbocycles. The number of aliphatic hydroxyl groups excluding tert-OH is 1. The lowest BCUT2D eigenvalue weighted by molar-refractivity contribution is 0.222. The second-order valence-corrected chi connectivity index (χ2v) is 6.91. The molecule has 2 N–H and O–H groups in total. The molecule has 2 atom stereocenters. The maximum atomic E-state index is 9.57.